The first-order chi connectivity index (χ1) is 9.20. The van der Waals surface area contributed by atoms with Crippen molar-refractivity contribution in [2.75, 3.05) is 18.0 Å². The molecule has 0 amide bonds. The normalized spacial score (nSPS) is 18.3. The molecule has 0 aromatic heterocycles. The zero-order valence-corrected chi connectivity index (χ0v) is 12.4. The van der Waals surface area contributed by atoms with Crippen molar-refractivity contribution < 1.29 is 0 Å². The highest BCUT2D eigenvalue weighted by Gasteiger charge is 2.22. The molecular formula is C17H28N2. The average molecular weight is 260 g/mol. The van der Waals surface area contributed by atoms with Gasteiger partial charge in [-0.15, -0.1) is 0 Å². The molecule has 19 heavy (non-hydrogen) atoms. The Morgan fingerprint density at radius 3 is 2.37 bits per heavy atom. The molecule has 106 valence electrons. The van der Waals surface area contributed by atoms with Gasteiger partial charge in [-0.1, -0.05) is 37.0 Å². The van der Waals surface area contributed by atoms with Gasteiger partial charge in [-0.3, -0.25) is 0 Å². The van der Waals surface area contributed by atoms with Gasteiger partial charge in [-0.05, 0) is 44.7 Å². The van der Waals surface area contributed by atoms with Crippen molar-refractivity contribution in [3.05, 3.63) is 29.8 Å². The van der Waals surface area contributed by atoms with Crippen LogP contribution in [0.2, 0.25) is 0 Å². The summed E-state index contributed by atoms with van der Waals surface area (Å²) in [6.07, 6.45) is 6.79. The van der Waals surface area contributed by atoms with Crippen LogP contribution >= 0.6 is 0 Å². The second kappa shape index (κ2) is 6.95. The highest BCUT2D eigenvalue weighted by atomic mass is 15.1. The summed E-state index contributed by atoms with van der Waals surface area (Å²) in [4.78, 5) is 2.42. The number of hydrogen-bond donors (Lipinski definition) is 1. The lowest BCUT2D eigenvalue weighted by molar-refractivity contribution is 0.305. The highest BCUT2D eigenvalue weighted by Crippen LogP contribution is 2.26. The summed E-state index contributed by atoms with van der Waals surface area (Å²) in [5, 5.41) is 0. The first-order valence-electron chi connectivity index (χ1n) is 7.78. The van der Waals surface area contributed by atoms with Crippen molar-refractivity contribution >= 4 is 5.69 Å². The number of nitrogens with zero attached hydrogens (tertiary/aromatic N) is 1. The van der Waals surface area contributed by atoms with E-state index in [0.29, 0.717) is 6.04 Å². The van der Waals surface area contributed by atoms with Crippen LogP contribution in [-0.4, -0.2) is 19.1 Å². The fourth-order valence-corrected chi connectivity index (χ4v) is 3.14. The topological polar surface area (TPSA) is 29.3 Å². The van der Waals surface area contributed by atoms with Crippen molar-refractivity contribution in [1.82, 2.24) is 0 Å². The van der Waals surface area contributed by atoms with Gasteiger partial charge in [0.05, 0.1) is 0 Å². The summed E-state index contributed by atoms with van der Waals surface area (Å²) in [5.74, 6) is 0.730. The van der Waals surface area contributed by atoms with Crippen molar-refractivity contribution in [2.45, 2.75) is 52.0 Å². The van der Waals surface area contributed by atoms with Crippen LogP contribution in [0.1, 0.15) is 44.6 Å². The Balaban J connectivity index is 1.96. The molecular weight excluding hydrogens is 232 g/mol. The second-order valence-corrected chi connectivity index (χ2v) is 5.94. The Labute approximate surface area is 118 Å². The van der Waals surface area contributed by atoms with E-state index in [1.165, 1.54) is 43.4 Å². The predicted octanol–water partition coefficient (Wildman–Crippen LogP) is 3.73. The lowest BCUT2D eigenvalue weighted by Crippen LogP contribution is -2.43. The third-order valence-electron chi connectivity index (χ3n) is 4.47. The van der Waals surface area contributed by atoms with Gasteiger partial charge in [0, 0.05) is 24.8 Å². The summed E-state index contributed by atoms with van der Waals surface area (Å²) in [6, 6.07) is 9.12. The second-order valence-electron chi connectivity index (χ2n) is 5.94. The van der Waals surface area contributed by atoms with E-state index in [1.54, 1.807) is 0 Å². The zero-order valence-electron chi connectivity index (χ0n) is 12.4. The predicted molar refractivity (Wildman–Crippen MR) is 83.6 cm³/mol. The van der Waals surface area contributed by atoms with Crippen molar-refractivity contribution in [3.63, 3.8) is 0 Å². The van der Waals surface area contributed by atoms with Crippen molar-refractivity contribution in [2.24, 2.45) is 11.7 Å². The third-order valence-corrected chi connectivity index (χ3v) is 4.47. The SMILES string of the molecule is CCN(CC(N)C1CCCCC1)c1ccc(C)cc1. The van der Waals surface area contributed by atoms with E-state index in [1.807, 2.05) is 0 Å². The van der Waals surface area contributed by atoms with Crippen LogP contribution in [0.3, 0.4) is 0 Å². The van der Waals surface area contributed by atoms with Crippen LogP contribution in [-0.2, 0) is 0 Å². The molecule has 1 aromatic carbocycles. The quantitative estimate of drug-likeness (QED) is 0.874. The van der Waals surface area contributed by atoms with Crippen LogP contribution in [0, 0.1) is 12.8 Å². The largest absolute Gasteiger partial charge is 0.370 e. The number of nitrogens with two attached hydrogens (primary N) is 1. The van der Waals surface area contributed by atoms with Crippen molar-refractivity contribution in [3.8, 4) is 0 Å². The number of benzene rings is 1. The van der Waals surface area contributed by atoms with E-state index in [9.17, 15) is 0 Å². The first-order valence-corrected chi connectivity index (χ1v) is 7.78. The summed E-state index contributed by atoms with van der Waals surface area (Å²) in [6.45, 7) is 6.37. The van der Waals surface area contributed by atoms with E-state index in [2.05, 4.69) is 43.0 Å². The van der Waals surface area contributed by atoms with E-state index >= 15 is 0 Å². The van der Waals surface area contributed by atoms with Gasteiger partial charge in [-0.25, -0.2) is 0 Å². The van der Waals surface area contributed by atoms with E-state index in [-0.39, 0.29) is 0 Å². The van der Waals surface area contributed by atoms with Crippen LogP contribution in [0.5, 0.6) is 0 Å². The Kier molecular flexibility index (Phi) is 5.26. The number of aryl methyl sites for hydroxylation is 1. The van der Waals surface area contributed by atoms with Gasteiger partial charge >= 0.3 is 0 Å². The molecule has 2 rings (SSSR count). The van der Waals surface area contributed by atoms with Crippen molar-refractivity contribution in [1.29, 1.82) is 0 Å². The van der Waals surface area contributed by atoms with Gasteiger partial charge in [0.25, 0.3) is 0 Å². The molecule has 2 nitrogen and oxygen atoms in total. The molecule has 1 saturated carbocycles. The van der Waals surface area contributed by atoms with Crippen LogP contribution in [0.15, 0.2) is 24.3 Å². The fourth-order valence-electron chi connectivity index (χ4n) is 3.14. The molecule has 1 fully saturated rings. The lowest BCUT2D eigenvalue weighted by Gasteiger charge is -2.33. The molecule has 0 aliphatic heterocycles. The minimum absolute atomic E-state index is 0.321. The summed E-state index contributed by atoms with van der Waals surface area (Å²) in [7, 11) is 0. The molecule has 0 saturated heterocycles. The fraction of sp³-hybridized carbons (Fsp3) is 0.647. The van der Waals surface area contributed by atoms with E-state index in [0.717, 1.165) is 19.0 Å². The minimum Gasteiger partial charge on any atom is -0.370 e. The zero-order chi connectivity index (χ0) is 13.7. The molecule has 2 N–H and O–H groups in total. The minimum atomic E-state index is 0.321. The summed E-state index contributed by atoms with van der Waals surface area (Å²) < 4.78 is 0. The lowest BCUT2D eigenvalue weighted by atomic mass is 9.84. The molecule has 0 heterocycles. The van der Waals surface area contributed by atoms with Gasteiger partial charge in [-0.2, -0.15) is 0 Å². The van der Waals surface area contributed by atoms with Gasteiger partial charge in [0.15, 0.2) is 0 Å². The monoisotopic (exact) mass is 260 g/mol. The van der Waals surface area contributed by atoms with E-state index < -0.39 is 0 Å². The average Bonchev–Trinajstić information content (AvgIpc) is 2.46. The van der Waals surface area contributed by atoms with Crippen LogP contribution in [0.4, 0.5) is 5.69 Å². The maximum Gasteiger partial charge on any atom is 0.0366 e. The summed E-state index contributed by atoms with van der Waals surface area (Å²) in [5.41, 5.74) is 9.07. The summed E-state index contributed by atoms with van der Waals surface area (Å²) >= 11 is 0. The standard InChI is InChI=1S/C17H28N2/c1-3-19(16-11-9-14(2)10-12-16)13-17(18)15-7-5-4-6-8-15/h9-12,15,17H,3-8,13,18H2,1-2H3. The third kappa shape index (κ3) is 3.97. The molecule has 1 atom stereocenters. The molecule has 2 heteroatoms. The molecule has 0 bridgehead atoms. The van der Waals surface area contributed by atoms with Gasteiger partial charge in [0.2, 0.25) is 0 Å². The Morgan fingerprint density at radius 1 is 1.16 bits per heavy atom. The maximum absolute atomic E-state index is 6.45. The number of anilines is 1. The van der Waals surface area contributed by atoms with Crippen LogP contribution < -0.4 is 10.6 Å². The van der Waals surface area contributed by atoms with Crippen LogP contribution in [0.25, 0.3) is 0 Å². The molecule has 1 aliphatic rings. The Hall–Kier alpha value is -1.02. The molecule has 0 spiro atoms. The maximum atomic E-state index is 6.45. The smallest absolute Gasteiger partial charge is 0.0366 e. The molecule has 0 radical (unpaired) electrons. The Morgan fingerprint density at radius 2 is 1.79 bits per heavy atom. The Bertz CT molecular complexity index is 365. The number of rotatable bonds is 5. The molecule has 1 unspecified atom stereocenters. The molecule has 1 aliphatic carbocycles. The highest BCUT2D eigenvalue weighted by molar-refractivity contribution is 5.47. The number of likely N-dealkylation sites (N-methyl/N-ethyl adjacent to an activating group) is 1. The first kappa shape index (κ1) is 14.4. The molecule has 1 aromatic rings. The van der Waals surface area contributed by atoms with E-state index in [4.69, 9.17) is 5.73 Å². The number of hydrogen-bond acceptors (Lipinski definition) is 2. The van der Waals surface area contributed by atoms with Gasteiger partial charge < -0.3 is 10.6 Å². The van der Waals surface area contributed by atoms with Gasteiger partial charge in [0.1, 0.15) is 0 Å².